The van der Waals surface area contributed by atoms with E-state index in [0.717, 1.165) is 5.56 Å². The number of carbonyl (C=O) groups excluding carboxylic acids is 2. The van der Waals surface area contributed by atoms with Crippen molar-refractivity contribution < 1.29 is 19.1 Å². The van der Waals surface area contributed by atoms with Crippen molar-refractivity contribution >= 4 is 39.8 Å². The van der Waals surface area contributed by atoms with Gasteiger partial charge in [0, 0.05) is 16.0 Å². The van der Waals surface area contributed by atoms with Gasteiger partial charge in [-0.15, -0.1) is 11.3 Å². The fourth-order valence-corrected chi connectivity index (χ4v) is 3.96. The zero-order valence-electron chi connectivity index (χ0n) is 16.7. The Morgan fingerprint density at radius 2 is 1.77 bits per heavy atom. The van der Waals surface area contributed by atoms with Gasteiger partial charge in [-0.1, -0.05) is 48.9 Å². The predicted octanol–water partition coefficient (Wildman–Crippen LogP) is 6.04. The minimum absolute atomic E-state index is 0.233. The van der Waals surface area contributed by atoms with Crippen molar-refractivity contribution in [3.63, 3.8) is 0 Å². The van der Waals surface area contributed by atoms with Crippen LogP contribution in [0.2, 0.25) is 5.02 Å². The van der Waals surface area contributed by atoms with Gasteiger partial charge >= 0.3 is 5.97 Å². The van der Waals surface area contributed by atoms with Crippen LogP contribution in [0.25, 0.3) is 11.1 Å². The second kappa shape index (κ2) is 10.3. The molecular weight excluding hydrogens is 422 g/mol. The zero-order chi connectivity index (χ0) is 21.5. The molecule has 0 saturated heterocycles. The van der Waals surface area contributed by atoms with Crippen LogP contribution < -0.4 is 10.1 Å². The fraction of sp³-hybridized carbons (Fsp3) is 0.217. The van der Waals surface area contributed by atoms with Gasteiger partial charge < -0.3 is 14.8 Å². The minimum atomic E-state index is -0.691. The number of benzene rings is 2. The van der Waals surface area contributed by atoms with Gasteiger partial charge in [-0.05, 0) is 43.2 Å². The van der Waals surface area contributed by atoms with Gasteiger partial charge in [-0.3, -0.25) is 4.79 Å². The van der Waals surface area contributed by atoms with Crippen LogP contribution in [-0.4, -0.2) is 24.6 Å². The first-order valence-corrected chi connectivity index (χ1v) is 10.9. The first kappa shape index (κ1) is 21.9. The van der Waals surface area contributed by atoms with E-state index in [1.807, 2.05) is 42.6 Å². The molecule has 0 aliphatic heterocycles. The maximum absolute atomic E-state index is 12.9. The van der Waals surface area contributed by atoms with Crippen LogP contribution in [0.1, 0.15) is 30.6 Å². The monoisotopic (exact) mass is 443 g/mol. The average Bonchev–Trinajstić information content (AvgIpc) is 3.17. The molecule has 0 aliphatic rings. The number of hydrogen-bond donors (Lipinski definition) is 1. The smallest absolute Gasteiger partial charge is 0.341 e. The number of halogens is 1. The standard InChI is InChI=1S/C23H22ClNO4S/c1-3-19(29-17-8-6-5-7-9-17)21(26)25-22-20(23(27)28-4-2)18(14-30-22)15-10-12-16(24)13-11-15/h5-14,19H,3-4H2,1-2H3,(H,25,26). The Morgan fingerprint density at radius 3 is 2.40 bits per heavy atom. The third kappa shape index (κ3) is 5.20. The second-order valence-electron chi connectivity index (χ2n) is 6.40. The van der Waals surface area contributed by atoms with Crippen LogP contribution in [0.4, 0.5) is 5.00 Å². The third-order valence-corrected chi connectivity index (χ3v) is 5.49. The van der Waals surface area contributed by atoms with Crippen molar-refractivity contribution in [1.82, 2.24) is 0 Å². The Balaban J connectivity index is 1.88. The molecule has 0 spiro atoms. The Kier molecular flexibility index (Phi) is 7.49. The molecule has 156 valence electrons. The lowest BCUT2D eigenvalue weighted by Gasteiger charge is -2.17. The number of para-hydroxylation sites is 1. The van der Waals surface area contributed by atoms with E-state index in [4.69, 9.17) is 21.1 Å². The van der Waals surface area contributed by atoms with Crippen LogP contribution in [-0.2, 0) is 9.53 Å². The van der Waals surface area contributed by atoms with Crippen LogP contribution in [0, 0.1) is 0 Å². The first-order chi connectivity index (χ1) is 14.5. The molecule has 30 heavy (non-hydrogen) atoms. The van der Waals surface area contributed by atoms with Crippen molar-refractivity contribution in [2.24, 2.45) is 0 Å². The Hall–Kier alpha value is -2.83. The van der Waals surface area contributed by atoms with E-state index in [1.54, 1.807) is 31.2 Å². The molecule has 1 atom stereocenters. The summed E-state index contributed by atoms with van der Waals surface area (Å²) in [6, 6.07) is 16.3. The van der Waals surface area contributed by atoms with E-state index >= 15 is 0 Å². The fourth-order valence-electron chi connectivity index (χ4n) is 2.88. The summed E-state index contributed by atoms with van der Waals surface area (Å²) in [6.45, 7) is 3.84. The van der Waals surface area contributed by atoms with Gasteiger partial charge in [0.25, 0.3) is 5.91 Å². The number of rotatable bonds is 8. The predicted molar refractivity (Wildman–Crippen MR) is 121 cm³/mol. The van der Waals surface area contributed by atoms with Gasteiger partial charge in [0.05, 0.1) is 6.61 Å². The molecule has 7 heteroatoms. The number of amides is 1. The molecule has 3 aromatic rings. The summed E-state index contributed by atoms with van der Waals surface area (Å²) < 4.78 is 11.0. The lowest BCUT2D eigenvalue weighted by molar-refractivity contribution is -0.122. The molecule has 1 aromatic heterocycles. The number of anilines is 1. The molecule has 0 fully saturated rings. The average molecular weight is 444 g/mol. The molecule has 1 unspecified atom stereocenters. The number of thiophene rings is 1. The molecular formula is C23H22ClNO4S. The van der Waals surface area contributed by atoms with Gasteiger partial charge in [0.15, 0.2) is 6.10 Å². The van der Waals surface area contributed by atoms with Crippen molar-refractivity contribution in [2.75, 3.05) is 11.9 Å². The summed E-state index contributed by atoms with van der Waals surface area (Å²) >= 11 is 7.25. The molecule has 3 rings (SSSR count). The molecule has 0 aliphatic carbocycles. The van der Waals surface area contributed by atoms with Gasteiger partial charge in [-0.2, -0.15) is 0 Å². The van der Waals surface area contributed by atoms with Gasteiger partial charge in [0.1, 0.15) is 16.3 Å². The van der Waals surface area contributed by atoms with Crippen LogP contribution >= 0.6 is 22.9 Å². The largest absolute Gasteiger partial charge is 0.481 e. The molecule has 0 radical (unpaired) electrons. The highest BCUT2D eigenvalue weighted by molar-refractivity contribution is 7.15. The number of ether oxygens (including phenoxy) is 2. The summed E-state index contributed by atoms with van der Waals surface area (Å²) in [4.78, 5) is 25.5. The highest BCUT2D eigenvalue weighted by Gasteiger charge is 2.26. The van der Waals surface area contributed by atoms with E-state index in [-0.39, 0.29) is 12.5 Å². The van der Waals surface area contributed by atoms with Gasteiger partial charge in [0.2, 0.25) is 0 Å². The topological polar surface area (TPSA) is 64.6 Å². The van der Waals surface area contributed by atoms with E-state index in [1.165, 1.54) is 11.3 Å². The normalized spacial score (nSPS) is 11.6. The summed E-state index contributed by atoms with van der Waals surface area (Å²) in [5.41, 5.74) is 1.82. The van der Waals surface area contributed by atoms with Crippen LogP contribution in [0.15, 0.2) is 60.0 Å². The van der Waals surface area contributed by atoms with Crippen LogP contribution in [0.5, 0.6) is 5.75 Å². The SMILES string of the molecule is CCOC(=O)c1c(-c2ccc(Cl)cc2)csc1NC(=O)C(CC)Oc1ccccc1. The van der Waals surface area contributed by atoms with Crippen molar-refractivity contribution in [1.29, 1.82) is 0 Å². The summed E-state index contributed by atoms with van der Waals surface area (Å²) in [7, 11) is 0. The van der Waals surface area contributed by atoms with E-state index in [2.05, 4.69) is 5.32 Å². The summed E-state index contributed by atoms with van der Waals surface area (Å²) in [6.07, 6.45) is -0.214. The molecule has 5 nitrogen and oxygen atoms in total. The van der Waals surface area contributed by atoms with Crippen LogP contribution in [0.3, 0.4) is 0 Å². The Labute approximate surface area is 184 Å². The molecule has 1 amide bonds. The van der Waals surface area contributed by atoms with E-state index in [0.29, 0.717) is 33.3 Å². The second-order valence-corrected chi connectivity index (χ2v) is 7.71. The third-order valence-electron chi connectivity index (χ3n) is 4.35. The lowest BCUT2D eigenvalue weighted by atomic mass is 10.0. The number of nitrogens with one attached hydrogen (secondary N) is 1. The van der Waals surface area contributed by atoms with Gasteiger partial charge in [-0.25, -0.2) is 4.79 Å². The minimum Gasteiger partial charge on any atom is -0.481 e. The quantitative estimate of drug-likeness (QED) is 0.431. The Morgan fingerprint density at radius 1 is 1.07 bits per heavy atom. The highest BCUT2D eigenvalue weighted by Crippen LogP contribution is 2.37. The van der Waals surface area contributed by atoms with Crippen molar-refractivity contribution in [3.05, 3.63) is 70.6 Å². The van der Waals surface area contributed by atoms with Crippen molar-refractivity contribution in [2.45, 2.75) is 26.4 Å². The molecule has 0 bridgehead atoms. The summed E-state index contributed by atoms with van der Waals surface area (Å²) in [5.74, 6) is -0.203. The summed E-state index contributed by atoms with van der Waals surface area (Å²) in [5, 5.41) is 5.70. The number of carbonyl (C=O) groups is 2. The maximum Gasteiger partial charge on any atom is 0.341 e. The zero-order valence-corrected chi connectivity index (χ0v) is 18.3. The van der Waals surface area contributed by atoms with Crippen molar-refractivity contribution in [3.8, 4) is 16.9 Å². The van der Waals surface area contributed by atoms with E-state index in [9.17, 15) is 9.59 Å². The number of hydrogen-bond acceptors (Lipinski definition) is 5. The molecule has 2 aromatic carbocycles. The molecule has 1 heterocycles. The first-order valence-electron chi connectivity index (χ1n) is 9.60. The highest BCUT2D eigenvalue weighted by atomic mass is 35.5. The Bertz CT molecular complexity index is 1000. The maximum atomic E-state index is 12.9. The van der Waals surface area contributed by atoms with E-state index < -0.39 is 12.1 Å². The lowest BCUT2D eigenvalue weighted by Crippen LogP contribution is -2.32. The molecule has 0 saturated carbocycles. The number of esters is 1. The molecule has 1 N–H and O–H groups in total.